The van der Waals surface area contributed by atoms with Gasteiger partial charge in [-0.3, -0.25) is 0 Å². The lowest BCUT2D eigenvalue weighted by molar-refractivity contribution is 0.474. The molecule has 0 radical (unpaired) electrons. The fourth-order valence-corrected chi connectivity index (χ4v) is 3.27. The molecule has 0 saturated carbocycles. The first kappa shape index (κ1) is 15.7. The highest BCUT2D eigenvalue weighted by atomic mass is 79.9. The highest BCUT2D eigenvalue weighted by Crippen LogP contribution is 2.25. The van der Waals surface area contributed by atoms with Gasteiger partial charge in [-0.25, -0.2) is 4.39 Å². The van der Waals surface area contributed by atoms with Crippen LogP contribution in [0.4, 0.5) is 4.39 Å². The highest BCUT2D eigenvalue weighted by Gasteiger charge is 2.15. The molecule has 0 fully saturated rings. The van der Waals surface area contributed by atoms with Crippen LogP contribution in [0.5, 0.6) is 0 Å². The molecule has 1 heterocycles. The van der Waals surface area contributed by atoms with E-state index in [0.717, 1.165) is 35.8 Å². The quantitative estimate of drug-likeness (QED) is 0.708. The van der Waals surface area contributed by atoms with Crippen LogP contribution in [0.25, 0.3) is 0 Å². The molecular formula is C16H19BrFNS. The SMILES string of the molecule is CCCNC(CCc1cccs1)c1ccc(Br)cc1F. The summed E-state index contributed by atoms with van der Waals surface area (Å²) in [5, 5.41) is 5.55. The summed E-state index contributed by atoms with van der Waals surface area (Å²) in [6.07, 6.45) is 2.95. The lowest BCUT2D eigenvalue weighted by Crippen LogP contribution is -2.23. The van der Waals surface area contributed by atoms with E-state index in [1.165, 1.54) is 4.88 Å². The number of hydrogen-bond acceptors (Lipinski definition) is 2. The first-order chi connectivity index (χ1) is 9.70. The Hall–Kier alpha value is -0.710. The molecule has 4 heteroatoms. The summed E-state index contributed by atoms with van der Waals surface area (Å²) in [6.45, 7) is 3.03. The van der Waals surface area contributed by atoms with Crippen LogP contribution in [-0.2, 0) is 6.42 Å². The monoisotopic (exact) mass is 355 g/mol. The van der Waals surface area contributed by atoms with E-state index in [0.29, 0.717) is 0 Å². The fraction of sp³-hybridized carbons (Fsp3) is 0.375. The standard InChI is InChI=1S/C16H19BrFNS/c1-2-9-19-16(8-6-13-4-3-10-20-13)14-7-5-12(17)11-15(14)18/h3-5,7,10-11,16,19H,2,6,8-9H2,1H3. The molecule has 1 N–H and O–H groups in total. The minimum atomic E-state index is -0.140. The summed E-state index contributed by atoms with van der Waals surface area (Å²) in [7, 11) is 0. The van der Waals surface area contributed by atoms with Gasteiger partial charge in [-0.2, -0.15) is 0 Å². The smallest absolute Gasteiger partial charge is 0.129 e. The Morgan fingerprint density at radius 1 is 1.35 bits per heavy atom. The molecule has 0 aliphatic rings. The number of aryl methyl sites for hydroxylation is 1. The second-order valence-corrected chi connectivity index (χ2v) is 6.74. The maximum absolute atomic E-state index is 14.1. The number of nitrogens with one attached hydrogen (secondary N) is 1. The summed E-state index contributed by atoms with van der Waals surface area (Å²) in [6, 6.07) is 9.60. The van der Waals surface area contributed by atoms with E-state index in [2.05, 4.69) is 45.7 Å². The molecule has 20 heavy (non-hydrogen) atoms. The molecular weight excluding hydrogens is 337 g/mol. The van der Waals surface area contributed by atoms with Crippen LogP contribution in [0.3, 0.4) is 0 Å². The largest absolute Gasteiger partial charge is 0.310 e. The number of hydrogen-bond donors (Lipinski definition) is 1. The summed E-state index contributed by atoms with van der Waals surface area (Å²) < 4.78 is 14.9. The van der Waals surface area contributed by atoms with Crippen molar-refractivity contribution in [2.24, 2.45) is 0 Å². The van der Waals surface area contributed by atoms with E-state index in [1.54, 1.807) is 17.4 Å². The lowest BCUT2D eigenvalue weighted by atomic mass is 10.0. The molecule has 1 unspecified atom stereocenters. The second-order valence-electron chi connectivity index (χ2n) is 4.79. The van der Waals surface area contributed by atoms with E-state index in [-0.39, 0.29) is 11.9 Å². The van der Waals surface area contributed by atoms with E-state index in [1.807, 2.05) is 12.1 Å². The number of rotatable bonds is 7. The van der Waals surface area contributed by atoms with Gasteiger partial charge in [0, 0.05) is 21.0 Å². The zero-order valence-electron chi connectivity index (χ0n) is 11.5. The van der Waals surface area contributed by atoms with Crippen LogP contribution >= 0.6 is 27.3 Å². The van der Waals surface area contributed by atoms with Gasteiger partial charge in [-0.05, 0) is 49.4 Å². The Balaban J connectivity index is 2.09. The third kappa shape index (κ3) is 4.40. The third-order valence-corrected chi connectivity index (χ3v) is 4.67. The second kappa shape index (κ2) is 7.91. The van der Waals surface area contributed by atoms with Gasteiger partial charge in [0.2, 0.25) is 0 Å². The maximum atomic E-state index is 14.1. The van der Waals surface area contributed by atoms with Crippen molar-refractivity contribution in [2.45, 2.75) is 32.2 Å². The Kier molecular flexibility index (Phi) is 6.20. The Bertz CT molecular complexity index is 527. The van der Waals surface area contributed by atoms with Gasteiger partial charge < -0.3 is 5.32 Å². The predicted octanol–water partition coefficient (Wildman–Crippen LogP) is 5.32. The molecule has 0 saturated heterocycles. The van der Waals surface area contributed by atoms with E-state index in [4.69, 9.17) is 0 Å². The van der Waals surface area contributed by atoms with Crippen LogP contribution in [0, 0.1) is 5.82 Å². The first-order valence-corrected chi connectivity index (χ1v) is 8.58. The van der Waals surface area contributed by atoms with Crippen LogP contribution in [-0.4, -0.2) is 6.54 Å². The van der Waals surface area contributed by atoms with Crippen molar-refractivity contribution in [1.29, 1.82) is 0 Å². The molecule has 108 valence electrons. The molecule has 1 atom stereocenters. The van der Waals surface area contributed by atoms with Crippen LogP contribution in [0.15, 0.2) is 40.2 Å². The molecule has 2 rings (SSSR count). The minimum Gasteiger partial charge on any atom is -0.310 e. The molecule has 1 aromatic carbocycles. The minimum absolute atomic E-state index is 0.0742. The lowest BCUT2D eigenvalue weighted by Gasteiger charge is -2.19. The molecule has 0 spiro atoms. The summed E-state index contributed by atoms with van der Waals surface area (Å²) in [5.41, 5.74) is 0.762. The van der Waals surface area contributed by atoms with Crippen molar-refractivity contribution in [1.82, 2.24) is 5.32 Å². The fourth-order valence-electron chi connectivity index (χ4n) is 2.21. The third-order valence-electron chi connectivity index (χ3n) is 3.24. The van der Waals surface area contributed by atoms with Gasteiger partial charge >= 0.3 is 0 Å². The highest BCUT2D eigenvalue weighted by molar-refractivity contribution is 9.10. The molecule has 0 bridgehead atoms. The van der Waals surface area contributed by atoms with Gasteiger partial charge in [-0.15, -0.1) is 11.3 Å². The normalized spacial score (nSPS) is 12.6. The van der Waals surface area contributed by atoms with Crippen molar-refractivity contribution in [3.8, 4) is 0 Å². The van der Waals surface area contributed by atoms with Gasteiger partial charge in [-0.1, -0.05) is 35.0 Å². The molecule has 1 nitrogen and oxygen atoms in total. The molecule has 0 aliphatic carbocycles. The summed E-state index contributed by atoms with van der Waals surface area (Å²) >= 11 is 5.07. The maximum Gasteiger partial charge on any atom is 0.129 e. The summed E-state index contributed by atoms with van der Waals surface area (Å²) in [5.74, 6) is -0.140. The van der Waals surface area contributed by atoms with Gasteiger partial charge in [0.05, 0.1) is 0 Å². The van der Waals surface area contributed by atoms with Gasteiger partial charge in [0.15, 0.2) is 0 Å². The van der Waals surface area contributed by atoms with Crippen molar-refractivity contribution in [3.05, 3.63) is 56.4 Å². The van der Waals surface area contributed by atoms with E-state index >= 15 is 0 Å². The average Bonchev–Trinajstić information content (AvgIpc) is 2.93. The Labute approximate surface area is 132 Å². The topological polar surface area (TPSA) is 12.0 Å². The Morgan fingerprint density at radius 2 is 2.20 bits per heavy atom. The molecule has 2 aromatic rings. The summed E-state index contributed by atoms with van der Waals surface area (Å²) in [4.78, 5) is 1.35. The number of thiophene rings is 1. The molecule has 0 aliphatic heterocycles. The predicted molar refractivity (Wildman–Crippen MR) is 87.8 cm³/mol. The van der Waals surface area contributed by atoms with E-state index in [9.17, 15) is 4.39 Å². The number of benzene rings is 1. The van der Waals surface area contributed by atoms with E-state index < -0.39 is 0 Å². The van der Waals surface area contributed by atoms with Crippen LogP contribution < -0.4 is 5.32 Å². The van der Waals surface area contributed by atoms with Crippen molar-refractivity contribution < 1.29 is 4.39 Å². The molecule has 0 amide bonds. The molecule has 1 aromatic heterocycles. The zero-order chi connectivity index (χ0) is 14.4. The first-order valence-electron chi connectivity index (χ1n) is 6.91. The van der Waals surface area contributed by atoms with Crippen LogP contribution in [0.1, 0.15) is 36.2 Å². The van der Waals surface area contributed by atoms with Gasteiger partial charge in [0.1, 0.15) is 5.82 Å². The van der Waals surface area contributed by atoms with Crippen molar-refractivity contribution in [3.63, 3.8) is 0 Å². The average molecular weight is 356 g/mol. The van der Waals surface area contributed by atoms with Crippen LogP contribution in [0.2, 0.25) is 0 Å². The zero-order valence-corrected chi connectivity index (χ0v) is 13.9. The van der Waals surface area contributed by atoms with Crippen molar-refractivity contribution in [2.75, 3.05) is 6.54 Å². The Morgan fingerprint density at radius 3 is 2.85 bits per heavy atom. The van der Waals surface area contributed by atoms with Gasteiger partial charge in [0.25, 0.3) is 0 Å². The number of halogens is 2. The van der Waals surface area contributed by atoms with Crippen molar-refractivity contribution >= 4 is 27.3 Å².